The van der Waals surface area contributed by atoms with Crippen LogP contribution in [-0.4, -0.2) is 14.5 Å². The number of hydrogen-bond acceptors (Lipinski definition) is 0. The quantitative estimate of drug-likeness (QED) is 0.184. The number of rotatable bonds is 2. The third-order valence-corrected chi connectivity index (χ3v) is 11.3. The van der Waals surface area contributed by atoms with Gasteiger partial charge < -0.3 is 0 Å². The minimum absolute atomic E-state index is 0.0809. The van der Waals surface area contributed by atoms with Gasteiger partial charge in [-0.3, -0.25) is 0 Å². The summed E-state index contributed by atoms with van der Waals surface area (Å²) in [6.45, 7) is 4.76. The molecule has 1 aliphatic carbocycles. The third kappa shape index (κ3) is 3.12. The molecule has 0 bridgehead atoms. The van der Waals surface area contributed by atoms with E-state index < -0.39 is 0 Å². The van der Waals surface area contributed by atoms with Gasteiger partial charge in [-0.1, -0.05) is 0 Å². The Bertz CT molecular complexity index is 1990. The van der Waals surface area contributed by atoms with E-state index in [4.69, 9.17) is 0 Å². The van der Waals surface area contributed by atoms with Crippen molar-refractivity contribution in [2.24, 2.45) is 0 Å². The summed E-state index contributed by atoms with van der Waals surface area (Å²) in [6, 6.07) is 50.4. The Morgan fingerprint density at radius 1 is 0.436 bits per heavy atom. The Labute approximate surface area is 235 Å². The summed E-state index contributed by atoms with van der Waals surface area (Å²) in [7, 11) is 0. The Balaban J connectivity index is 1.50. The number of fused-ring (bicyclic) bond motifs is 6. The molecule has 7 aromatic rings. The summed E-state index contributed by atoms with van der Waals surface area (Å²) < 4.78 is 2.98. The van der Waals surface area contributed by atoms with Crippen LogP contribution in [0.1, 0.15) is 47.2 Å². The summed E-state index contributed by atoms with van der Waals surface area (Å²) >= 11 is 0.273. The molecule has 0 amide bonds. The zero-order valence-corrected chi connectivity index (χ0v) is 23.8. The first-order chi connectivity index (χ1) is 19.1. The minimum atomic E-state index is -0.380. The topological polar surface area (TPSA) is 0 Å². The summed E-state index contributed by atoms with van der Waals surface area (Å²) in [6.07, 6.45) is 0. The molecule has 0 N–H and O–H groups in total. The van der Waals surface area contributed by atoms with Gasteiger partial charge in [-0.15, -0.1) is 0 Å². The molecule has 6 aromatic carbocycles. The molecule has 0 unspecified atom stereocenters. The molecule has 39 heavy (non-hydrogen) atoms. The van der Waals surface area contributed by atoms with Crippen LogP contribution in [0.4, 0.5) is 0 Å². The monoisotopic (exact) mass is 564 g/mol. The molecule has 1 aliphatic rings. The number of hydrogen-bond donors (Lipinski definition) is 0. The normalized spacial score (nSPS) is 15.3. The second-order valence-electron chi connectivity index (χ2n) is 11.3. The molecule has 0 aliphatic heterocycles. The van der Waals surface area contributed by atoms with Crippen molar-refractivity contribution in [3.05, 3.63) is 167 Å². The first kappa shape index (κ1) is 23.0. The van der Waals surface area contributed by atoms with E-state index in [-0.39, 0.29) is 25.3 Å². The van der Waals surface area contributed by atoms with Crippen molar-refractivity contribution in [2.75, 3.05) is 0 Å². The first-order valence-electron chi connectivity index (χ1n) is 13.7. The van der Waals surface area contributed by atoms with Crippen molar-refractivity contribution in [1.29, 1.82) is 0 Å². The second kappa shape index (κ2) is 8.30. The molecule has 1 aromatic heterocycles. The fraction of sp³-hybridized carbons (Fsp3) is 0.105. The van der Waals surface area contributed by atoms with E-state index in [2.05, 4.69) is 147 Å². The second-order valence-corrected chi connectivity index (χ2v) is 13.6. The van der Waals surface area contributed by atoms with Gasteiger partial charge in [0.15, 0.2) is 0 Å². The molecule has 0 fully saturated rings. The molecule has 186 valence electrons. The summed E-state index contributed by atoms with van der Waals surface area (Å²) in [5, 5.41) is 5.47. The van der Waals surface area contributed by atoms with Crippen LogP contribution in [0.25, 0.3) is 30.1 Å². The van der Waals surface area contributed by atoms with Crippen LogP contribution in [0.2, 0.25) is 0 Å². The standard InChI is InChI=1S/C38H28Se/c1-37(2)31-16-8-10-18-33(31)38(27-14-4-3-5-15-27,34-19-11-9-17-32(34)37)28-20-21-29-30-22-25-12-6-7-13-26(25)23-35(30)39-36(29)24-28/h3-24H,1-2H3. The van der Waals surface area contributed by atoms with Crippen molar-refractivity contribution in [1.82, 2.24) is 0 Å². The van der Waals surface area contributed by atoms with Gasteiger partial charge in [-0.2, -0.15) is 0 Å². The maximum atomic E-state index is 2.54. The zero-order chi connectivity index (χ0) is 26.2. The fourth-order valence-corrected chi connectivity index (χ4v) is 9.64. The molecule has 8 rings (SSSR count). The summed E-state index contributed by atoms with van der Waals surface area (Å²) in [4.78, 5) is 0. The van der Waals surface area contributed by atoms with Gasteiger partial charge in [-0.25, -0.2) is 0 Å². The average molecular weight is 564 g/mol. The van der Waals surface area contributed by atoms with Crippen LogP contribution >= 0.6 is 0 Å². The van der Waals surface area contributed by atoms with Crippen molar-refractivity contribution < 1.29 is 0 Å². The molecule has 0 atom stereocenters. The van der Waals surface area contributed by atoms with Crippen LogP contribution < -0.4 is 0 Å². The van der Waals surface area contributed by atoms with Crippen LogP contribution in [0.15, 0.2) is 133 Å². The summed E-state index contributed by atoms with van der Waals surface area (Å²) in [5.41, 5.74) is 7.84. The van der Waals surface area contributed by atoms with Gasteiger partial charge in [0.1, 0.15) is 0 Å². The van der Waals surface area contributed by atoms with Crippen LogP contribution in [0.5, 0.6) is 0 Å². The van der Waals surface area contributed by atoms with Gasteiger partial charge in [0.05, 0.1) is 0 Å². The van der Waals surface area contributed by atoms with Gasteiger partial charge in [0.25, 0.3) is 0 Å². The third-order valence-electron chi connectivity index (χ3n) is 8.99. The van der Waals surface area contributed by atoms with E-state index in [0.29, 0.717) is 0 Å². The Morgan fingerprint density at radius 3 is 1.64 bits per heavy atom. The Kier molecular flexibility index (Phi) is 4.90. The molecule has 0 spiro atoms. The van der Waals surface area contributed by atoms with Crippen LogP contribution in [0.3, 0.4) is 0 Å². The van der Waals surface area contributed by atoms with Crippen molar-refractivity contribution >= 4 is 44.6 Å². The molecule has 0 saturated heterocycles. The summed E-state index contributed by atoms with van der Waals surface area (Å²) in [5.74, 6) is 0. The Hall–Kier alpha value is -3.90. The maximum absolute atomic E-state index is 2.54. The predicted octanol–water partition coefficient (Wildman–Crippen LogP) is 9.23. The SMILES string of the molecule is CC1(C)c2ccccc2C(c2ccccc2)(c2ccc3c(c2)[se]c2cc4ccccc4cc23)c2ccccc21. The van der Waals surface area contributed by atoms with E-state index in [1.54, 1.807) is 0 Å². The van der Waals surface area contributed by atoms with E-state index in [0.717, 1.165) is 0 Å². The Morgan fingerprint density at radius 2 is 0.974 bits per heavy atom. The number of benzene rings is 6. The zero-order valence-electron chi connectivity index (χ0n) is 22.1. The molecule has 0 saturated carbocycles. The molecular weight excluding hydrogens is 535 g/mol. The van der Waals surface area contributed by atoms with Gasteiger partial charge in [-0.05, 0) is 0 Å². The van der Waals surface area contributed by atoms with Crippen molar-refractivity contribution in [3.8, 4) is 0 Å². The van der Waals surface area contributed by atoms with E-state index in [1.807, 2.05) is 0 Å². The van der Waals surface area contributed by atoms with Crippen molar-refractivity contribution in [3.63, 3.8) is 0 Å². The predicted molar refractivity (Wildman–Crippen MR) is 166 cm³/mol. The average Bonchev–Trinajstić information content (AvgIpc) is 3.34. The van der Waals surface area contributed by atoms with E-state index in [1.165, 1.54) is 63.4 Å². The van der Waals surface area contributed by atoms with Crippen LogP contribution in [0, 0.1) is 0 Å². The molecule has 1 heterocycles. The van der Waals surface area contributed by atoms with E-state index in [9.17, 15) is 0 Å². The molecule has 1 heteroatoms. The van der Waals surface area contributed by atoms with Gasteiger partial charge in [0, 0.05) is 0 Å². The van der Waals surface area contributed by atoms with Gasteiger partial charge in [0.2, 0.25) is 0 Å². The van der Waals surface area contributed by atoms with Crippen LogP contribution in [-0.2, 0) is 10.8 Å². The first-order valence-corrected chi connectivity index (χ1v) is 15.4. The molecule has 0 nitrogen and oxygen atoms in total. The van der Waals surface area contributed by atoms with E-state index >= 15 is 0 Å². The van der Waals surface area contributed by atoms with Gasteiger partial charge >= 0.3 is 236 Å². The van der Waals surface area contributed by atoms with Crippen molar-refractivity contribution in [2.45, 2.75) is 24.7 Å². The molecule has 0 radical (unpaired) electrons. The molecular formula is C38H28Se. The fourth-order valence-electron chi connectivity index (χ4n) is 7.17.